The average molecular weight is 449 g/mol. The zero-order valence-electron chi connectivity index (χ0n) is 15.3. The van der Waals surface area contributed by atoms with E-state index in [4.69, 9.17) is 0 Å². The predicted octanol–water partition coefficient (Wildman–Crippen LogP) is 6.32. The molecule has 0 unspecified atom stereocenters. The van der Waals surface area contributed by atoms with E-state index >= 15 is 0 Å². The van der Waals surface area contributed by atoms with Crippen molar-refractivity contribution < 1.29 is 9.53 Å². The van der Waals surface area contributed by atoms with Gasteiger partial charge >= 0.3 is 5.97 Å². The van der Waals surface area contributed by atoms with Crippen LogP contribution in [0.15, 0.2) is 57.2 Å². The second-order valence-corrected chi connectivity index (χ2v) is 9.92. The summed E-state index contributed by atoms with van der Waals surface area (Å²) in [4.78, 5) is 19.7. The quantitative estimate of drug-likeness (QED) is 0.162. The molecule has 0 spiro atoms. The number of thiazole rings is 2. The number of methoxy groups -OCH3 is 1. The SMILES string of the molecule is COC(=O)CCCCSc1nc2ccccc2s1.Sc1nc2ccccc2s1. The molecule has 0 radical (unpaired) electrons. The van der Waals surface area contributed by atoms with E-state index in [1.54, 1.807) is 34.4 Å². The number of rotatable bonds is 6. The number of hydrogen-bond acceptors (Lipinski definition) is 8. The molecule has 0 saturated carbocycles. The number of ether oxygens (including phenoxy) is 1. The van der Waals surface area contributed by atoms with Crippen LogP contribution in [-0.4, -0.2) is 28.8 Å². The Labute approximate surface area is 181 Å². The maximum Gasteiger partial charge on any atom is 0.305 e. The van der Waals surface area contributed by atoms with Crippen LogP contribution in [0.1, 0.15) is 19.3 Å². The van der Waals surface area contributed by atoms with Gasteiger partial charge in [0.15, 0.2) is 4.34 Å². The van der Waals surface area contributed by atoms with Crippen LogP contribution in [0.2, 0.25) is 0 Å². The molecular weight excluding hydrogens is 429 g/mol. The molecule has 8 heteroatoms. The summed E-state index contributed by atoms with van der Waals surface area (Å²) in [6.45, 7) is 0. The van der Waals surface area contributed by atoms with Gasteiger partial charge in [0.1, 0.15) is 4.34 Å². The lowest BCUT2D eigenvalue weighted by atomic mass is 10.2. The Bertz CT molecular complexity index is 979. The highest BCUT2D eigenvalue weighted by Crippen LogP contribution is 2.29. The van der Waals surface area contributed by atoms with Gasteiger partial charge in [-0.2, -0.15) is 0 Å². The summed E-state index contributed by atoms with van der Waals surface area (Å²) in [6.07, 6.45) is 2.40. The van der Waals surface area contributed by atoms with Crippen LogP contribution in [0, 0.1) is 0 Å². The van der Waals surface area contributed by atoms with Gasteiger partial charge in [-0.05, 0) is 37.1 Å². The molecule has 2 aromatic carbocycles. The molecule has 0 saturated heterocycles. The summed E-state index contributed by atoms with van der Waals surface area (Å²) in [6, 6.07) is 16.2. The highest BCUT2D eigenvalue weighted by molar-refractivity contribution is 8.01. The van der Waals surface area contributed by atoms with Crippen LogP contribution < -0.4 is 0 Å². The fourth-order valence-corrected chi connectivity index (χ4v) is 5.65. The first-order valence-corrected chi connectivity index (χ1v) is 11.8. The van der Waals surface area contributed by atoms with Crippen LogP contribution in [0.5, 0.6) is 0 Å². The molecule has 0 amide bonds. The van der Waals surface area contributed by atoms with E-state index in [2.05, 4.69) is 33.4 Å². The fourth-order valence-electron chi connectivity index (χ4n) is 2.41. The number of hydrogen-bond donors (Lipinski definition) is 1. The lowest BCUT2D eigenvalue weighted by Gasteiger charge is -1.98. The van der Waals surface area contributed by atoms with Crippen molar-refractivity contribution in [2.24, 2.45) is 0 Å². The number of carbonyl (C=O) groups is 1. The van der Waals surface area contributed by atoms with Crippen LogP contribution >= 0.6 is 47.1 Å². The highest BCUT2D eigenvalue weighted by atomic mass is 32.2. The molecule has 0 bridgehead atoms. The number of esters is 1. The van der Waals surface area contributed by atoms with Crippen LogP contribution in [0.4, 0.5) is 0 Å². The van der Waals surface area contributed by atoms with Crippen molar-refractivity contribution in [3.63, 3.8) is 0 Å². The highest BCUT2D eigenvalue weighted by Gasteiger charge is 2.04. The molecule has 2 aromatic heterocycles. The molecule has 4 aromatic rings. The minimum Gasteiger partial charge on any atom is -0.469 e. The van der Waals surface area contributed by atoms with Gasteiger partial charge in [0.2, 0.25) is 0 Å². The maximum absolute atomic E-state index is 10.9. The average Bonchev–Trinajstić information content (AvgIpc) is 3.29. The molecule has 146 valence electrons. The molecular formula is C20H20N2O2S4. The van der Waals surface area contributed by atoms with Gasteiger partial charge in [-0.3, -0.25) is 4.79 Å². The normalized spacial score (nSPS) is 10.6. The van der Waals surface area contributed by atoms with Gasteiger partial charge in [-0.25, -0.2) is 9.97 Å². The minimum atomic E-state index is -0.125. The Morgan fingerprint density at radius 2 is 1.64 bits per heavy atom. The van der Waals surface area contributed by atoms with Crippen molar-refractivity contribution in [1.82, 2.24) is 9.97 Å². The maximum atomic E-state index is 10.9. The topological polar surface area (TPSA) is 52.1 Å². The molecule has 28 heavy (non-hydrogen) atoms. The Hall–Kier alpha value is -1.61. The molecule has 0 aliphatic rings. The van der Waals surface area contributed by atoms with Crippen LogP contribution in [0.3, 0.4) is 0 Å². The first kappa shape index (κ1) is 21.1. The number of unbranched alkanes of at least 4 members (excludes halogenated alkanes) is 1. The standard InChI is InChI=1S/C13H15NO2S2.C7H5NS2/c1-16-12(15)8-4-5-9-17-13-14-10-6-2-3-7-11(10)18-13;9-7-8-5-3-1-2-4-6(5)10-7/h2-3,6-7H,4-5,8-9H2,1H3;1-4H,(H,8,9). The van der Waals surface area contributed by atoms with Gasteiger partial charge in [0.05, 0.1) is 27.5 Å². The fraction of sp³-hybridized carbons (Fsp3) is 0.250. The number of thiol groups is 1. The Morgan fingerprint density at radius 3 is 2.29 bits per heavy atom. The number of thioether (sulfide) groups is 1. The molecule has 0 fully saturated rings. The van der Waals surface area contributed by atoms with Crippen molar-refractivity contribution in [3.8, 4) is 0 Å². The van der Waals surface area contributed by atoms with E-state index in [1.165, 1.54) is 16.5 Å². The summed E-state index contributed by atoms with van der Waals surface area (Å²) in [5, 5.41) is 0. The largest absolute Gasteiger partial charge is 0.469 e. The molecule has 0 N–H and O–H groups in total. The molecule has 4 nitrogen and oxygen atoms in total. The first-order chi connectivity index (χ1) is 13.7. The number of nitrogens with zero attached hydrogens (tertiary/aromatic N) is 2. The lowest BCUT2D eigenvalue weighted by Crippen LogP contribution is -1.99. The van der Waals surface area contributed by atoms with E-state index in [-0.39, 0.29) is 5.97 Å². The van der Waals surface area contributed by atoms with Crippen LogP contribution in [-0.2, 0) is 9.53 Å². The second kappa shape index (κ2) is 10.8. The molecule has 0 atom stereocenters. The molecule has 2 heterocycles. The predicted molar refractivity (Wildman–Crippen MR) is 123 cm³/mol. The minimum absolute atomic E-state index is 0.125. The first-order valence-electron chi connectivity index (χ1n) is 8.75. The smallest absolute Gasteiger partial charge is 0.305 e. The van der Waals surface area contributed by atoms with Gasteiger partial charge in [0.25, 0.3) is 0 Å². The van der Waals surface area contributed by atoms with Gasteiger partial charge < -0.3 is 4.74 Å². The van der Waals surface area contributed by atoms with E-state index in [1.807, 2.05) is 42.5 Å². The third-order valence-corrected chi connectivity index (χ3v) is 7.26. The van der Waals surface area contributed by atoms with E-state index in [0.717, 1.165) is 38.3 Å². The van der Waals surface area contributed by atoms with E-state index < -0.39 is 0 Å². The van der Waals surface area contributed by atoms with Gasteiger partial charge in [-0.1, -0.05) is 36.0 Å². The van der Waals surface area contributed by atoms with Crippen molar-refractivity contribution in [1.29, 1.82) is 0 Å². The monoisotopic (exact) mass is 448 g/mol. The summed E-state index contributed by atoms with van der Waals surface area (Å²) in [5.41, 5.74) is 2.11. The van der Waals surface area contributed by atoms with Crippen molar-refractivity contribution in [3.05, 3.63) is 48.5 Å². The molecule has 0 aliphatic heterocycles. The summed E-state index contributed by atoms with van der Waals surface area (Å²) in [7, 11) is 1.43. The third-order valence-electron chi connectivity index (χ3n) is 3.79. The Balaban J connectivity index is 0.000000188. The molecule has 4 rings (SSSR count). The zero-order chi connectivity index (χ0) is 19.8. The molecule has 0 aliphatic carbocycles. The number of benzene rings is 2. The number of carbonyl (C=O) groups excluding carboxylic acids is 1. The van der Waals surface area contributed by atoms with Gasteiger partial charge in [0, 0.05) is 12.2 Å². The number of fused-ring (bicyclic) bond motifs is 2. The van der Waals surface area contributed by atoms with E-state index in [0.29, 0.717) is 6.42 Å². The summed E-state index contributed by atoms with van der Waals surface area (Å²) >= 11 is 9.24. The summed E-state index contributed by atoms with van der Waals surface area (Å²) in [5.74, 6) is 0.872. The third kappa shape index (κ3) is 6.20. The Kier molecular flexibility index (Phi) is 8.14. The van der Waals surface area contributed by atoms with Crippen molar-refractivity contribution >= 4 is 73.5 Å². The summed E-state index contributed by atoms with van der Waals surface area (Å²) < 4.78 is 8.97. The Morgan fingerprint density at radius 1 is 1.00 bits per heavy atom. The lowest BCUT2D eigenvalue weighted by molar-refractivity contribution is -0.140. The second-order valence-electron chi connectivity index (χ2n) is 5.79. The van der Waals surface area contributed by atoms with Crippen molar-refractivity contribution in [2.75, 3.05) is 12.9 Å². The van der Waals surface area contributed by atoms with Crippen molar-refractivity contribution in [2.45, 2.75) is 27.9 Å². The number of para-hydroxylation sites is 2. The zero-order valence-corrected chi connectivity index (χ0v) is 18.7. The van der Waals surface area contributed by atoms with Gasteiger partial charge in [-0.15, -0.1) is 35.3 Å². The van der Waals surface area contributed by atoms with E-state index in [9.17, 15) is 4.79 Å². The van der Waals surface area contributed by atoms with Crippen LogP contribution in [0.25, 0.3) is 20.4 Å². The number of aromatic nitrogens is 2.